The third-order valence-electron chi connectivity index (χ3n) is 4.39. The summed E-state index contributed by atoms with van der Waals surface area (Å²) in [6.45, 7) is 3.51. The lowest BCUT2D eigenvalue weighted by Crippen LogP contribution is -2.26. The largest absolute Gasteiger partial charge is 0.352 e. The van der Waals surface area contributed by atoms with Gasteiger partial charge in [0.05, 0.1) is 10.9 Å². The second-order valence-electron chi connectivity index (χ2n) is 6.14. The highest BCUT2D eigenvalue weighted by Crippen LogP contribution is 2.16. The second kappa shape index (κ2) is 6.94. The van der Waals surface area contributed by atoms with Gasteiger partial charge >= 0.3 is 0 Å². The zero-order valence-electron chi connectivity index (χ0n) is 13.6. The van der Waals surface area contributed by atoms with Crippen molar-refractivity contribution in [2.24, 2.45) is 0 Å². The van der Waals surface area contributed by atoms with E-state index in [1.807, 2.05) is 0 Å². The maximum absolute atomic E-state index is 12.6. The molecule has 3 rings (SSSR count). The molecule has 1 aromatic carbocycles. The predicted molar refractivity (Wildman–Crippen MR) is 90.8 cm³/mol. The van der Waals surface area contributed by atoms with Crippen molar-refractivity contribution in [3.8, 4) is 0 Å². The lowest BCUT2D eigenvalue weighted by Gasteiger charge is -2.11. The molecule has 1 aliphatic heterocycles. The van der Waals surface area contributed by atoms with Gasteiger partial charge < -0.3 is 5.32 Å². The molecule has 0 saturated carbocycles. The summed E-state index contributed by atoms with van der Waals surface area (Å²) in [6, 6.07) is 5.19. The molecule has 5 heteroatoms. The van der Waals surface area contributed by atoms with Gasteiger partial charge in [0, 0.05) is 25.1 Å². The summed E-state index contributed by atoms with van der Waals surface area (Å²) >= 11 is 0. The van der Waals surface area contributed by atoms with Crippen LogP contribution in [0, 0.1) is 0 Å². The minimum atomic E-state index is -0.0998. The van der Waals surface area contributed by atoms with Gasteiger partial charge in [0.25, 0.3) is 11.5 Å². The number of aryl methyl sites for hydroxylation is 1. The monoisotopic (exact) mass is 313 g/mol. The summed E-state index contributed by atoms with van der Waals surface area (Å²) in [5, 5.41) is 3.50. The average molecular weight is 313 g/mol. The van der Waals surface area contributed by atoms with Crippen molar-refractivity contribution >= 4 is 16.8 Å². The van der Waals surface area contributed by atoms with E-state index in [0.29, 0.717) is 23.0 Å². The molecule has 0 saturated heterocycles. The van der Waals surface area contributed by atoms with E-state index in [1.165, 1.54) is 0 Å². The average Bonchev–Trinajstić information content (AvgIpc) is 2.80. The van der Waals surface area contributed by atoms with Crippen LogP contribution in [0.4, 0.5) is 0 Å². The van der Waals surface area contributed by atoms with Gasteiger partial charge in [-0.1, -0.05) is 19.8 Å². The number of hydrogen-bond donors (Lipinski definition) is 1. The fourth-order valence-corrected chi connectivity index (χ4v) is 3.04. The van der Waals surface area contributed by atoms with E-state index in [-0.39, 0.29) is 11.5 Å². The number of nitrogens with zero attached hydrogens (tertiary/aromatic N) is 2. The smallest absolute Gasteiger partial charge is 0.261 e. The molecule has 1 N–H and O–H groups in total. The van der Waals surface area contributed by atoms with Gasteiger partial charge in [0.1, 0.15) is 5.82 Å². The lowest BCUT2D eigenvalue weighted by atomic mass is 10.1. The summed E-state index contributed by atoms with van der Waals surface area (Å²) in [5.74, 6) is 0.751. The van der Waals surface area contributed by atoms with E-state index < -0.39 is 0 Å². The summed E-state index contributed by atoms with van der Waals surface area (Å²) in [7, 11) is 0. The molecule has 0 radical (unpaired) electrons. The quantitative estimate of drug-likeness (QED) is 0.883. The third-order valence-corrected chi connectivity index (χ3v) is 4.39. The van der Waals surface area contributed by atoms with Gasteiger partial charge in [-0.3, -0.25) is 14.2 Å². The molecule has 0 bridgehead atoms. The number of carbonyl (C=O) groups is 1. The van der Waals surface area contributed by atoms with Crippen LogP contribution in [0.5, 0.6) is 0 Å². The van der Waals surface area contributed by atoms with E-state index in [4.69, 9.17) is 0 Å². The Bertz CT molecular complexity index is 780. The molecule has 2 heterocycles. The van der Waals surface area contributed by atoms with E-state index in [2.05, 4.69) is 17.2 Å². The van der Waals surface area contributed by atoms with E-state index in [0.717, 1.165) is 50.9 Å². The molecule has 23 heavy (non-hydrogen) atoms. The molecular formula is C18H23N3O2. The Kier molecular flexibility index (Phi) is 4.74. The summed E-state index contributed by atoms with van der Waals surface area (Å²) in [4.78, 5) is 29.5. The number of aromatic nitrogens is 2. The highest BCUT2D eigenvalue weighted by atomic mass is 16.1. The SMILES string of the molecule is CCCCNC(=O)c1ccc2c(=O)n3c(nc2c1)CCCCC3. The number of unbranched alkanes of at least 4 members (excludes halogenated alkanes) is 1. The van der Waals surface area contributed by atoms with Crippen LogP contribution in [0.15, 0.2) is 23.0 Å². The Labute approximate surface area is 135 Å². The number of nitrogens with one attached hydrogen (secondary N) is 1. The van der Waals surface area contributed by atoms with Gasteiger partial charge in [0.15, 0.2) is 0 Å². The Morgan fingerprint density at radius 3 is 3.00 bits per heavy atom. The highest BCUT2D eigenvalue weighted by Gasteiger charge is 2.15. The van der Waals surface area contributed by atoms with Gasteiger partial charge in [-0.25, -0.2) is 4.98 Å². The molecule has 1 aromatic heterocycles. The molecule has 122 valence electrons. The second-order valence-corrected chi connectivity index (χ2v) is 6.14. The van der Waals surface area contributed by atoms with Crippen molar-refractivity contribution in [1.29, 1.82) is 0 Å². The van der Waals surface area contributed by atoms with Crippen molar-refractivity contribution in [2.75, 3.05) is 6.54 Å². The molecule has 0 aliphatic carbocycles. The number of carbonyl (C=O) groups excluding carboxylic acids is 1. The Morgan fingerprint density at radius 1 is 1.30 bits per heavy atom. The Hall–Kier alpha value is -2.17. The van der Waals surface area contributed by atoms with E-state index in [1.54, 1.807) is 22.8 Å². The molecule has 0 unspecified atom stereocenters. The molecule has 2 aromatic rings. The number of amides is 1. The normalized spacial score (nSPS) is 14.3. The summed E-state index contributed by atoms with van der Waals surface area (Å²) in [6.07, 6.45) is 6.06. The fraction of sp³-hybridized carbons (Fsp3) is 0.500. The van der Waals surface area contributed by atoms with Crippen LogP contribution < -0.4 is 10.9 Å². The summed E-state index contributed by atoms with van der Waals surface area (Å²) in [5.41, 5.74) is 1.22. The van der Waals surface area contributed by atoms with Crippen molar-refractivity contribution < 1.29 is 4.79 Å². The lowest BCUT2D eigenvalue weighted by molar-refractivity contribution is 0.0953. The van der Waals surface area contributed by atoms with Crippen LogP contribution in [-0.4, -0.2) is 22.0 Å². The van der Waals surface area contributed by atoms with Crippen molar-refractivity contribution in [3.05, 3.63) is 39.9 Å². The highest BCUT2D eigenvalue weighted by molar-refractivity contribution is 5.97. The molecule has 5 nitrogen and oxygen atoms in total. The molecule has 0 atom stereocenters. The van der Waals surface area contributed by atoms with Crippen LogP contribution in [0.2, 0.25) is 0 Å². The summed E-state index contributed by atoms with van der Waals surface area (Å²) < 4.78 is 1.80. The Morgan fingerprint density at radius 2 is 2.17 bits per heavy atom. The third kappa shape index (κ3) is 3.28. The first-order valence-electron chi connectivity index (χ1n) is 8.52. The number of rotatable bonds is 4. The van der Waals surface area contributed by atoms with Gasteiger partial charge in [-0.05, 0) is 37.5 Å². The number of benzene rings is 1. The van der Waals surface area contributed by atoms with E-state index in [9.17, 15) is 9.59 Å². The van der Waals surface area contributed by atoms with Crippen molar-refractivity contribution in [1.82, 2.24) is 14.9 Å². The molecular weight excluding hydrogens is 290 g/mol. The first-order valence-corrected chi connectivity index (χ1v) is 8.52. The van der Waals surface area contributed by atoms with E-state index >= 15 is 0 Å². The molecule has 1 amide bonds. The van der Waals surface area contributed by atoms with Crippen LogP contribution >= 0.6 is 0 Å². The maximum atomic E-state index is 12.6. The van der Waals surface area contributed by atoms with Crippen LogP contribution in [-0.2, 0) is 13.0 Å². The molecule has 0 fully saturated rings. The predicted octanol–water partition coefficient (Wildman–Crippen LogP) is 2.65. The zero-order chi connectivity index (χ0) is 16.2. The minimum Gasteiger partial charge on any atom is -0.352 e. The van der Waals surface area contributed by atoms with Gasteiger partial charge in [-0.2, -0.15) is 0 Å². The topological polar surface area (TPSA) is 64.0 Å². The Balaban J connectivity index is 1.96. The van der Waals surface area contributed by atoms with Crippen LogP contribution in [0.3, 0.4) is 0 Å². The number of hydrogen-bond acceptors (Lipinski definition) is 3. The first-order chi connectivity index (χ1) is 11.2. The van der Waals surface area contributed by atoms with Gasteiger partial charge in [0.2, 0.25) is 0 Å². The standard InChI is InChI=1S/C18H23N3O2/c1-2-3-10-19-17(22)13-8-9-14-15(12-13)20-16-7-5-4-6-11-21(16)18(14)23/h8-9,12H,2-7,10-11H2,1H3,(H,19,22). The van der Waals surface area contributed by atoms with Crippen LogP contribution in [0.25, 0.3) is 10.9 Å². The fourth-order valence-electron chi connectivity index (χ4n) is 3.04. The first kappa shape index (κ1) is 15.7. The van der Waals surface area contributed by atoms with Crippen LogP contribution in [0.1, 0.15) is 55.2 Å². The number of fused-ring (bicyclic) bond motifs is 2. The molecule has 1 aliphatic rings. The minimum absolute atomic E-state index is 0.0184. The zero-order valence-corrected chi connectivity index (χ0v) is 13.6. The van der Waals surface area contributed by atoms with Crippen molar-refractivity contribution in [2.45, 2.75) is 52.0 Å². The maximum Gasteiger partial charge on any atom is 0.261 e. The van der Waals surface area contributed by atoms with Crippen molar-refractivity contribution in [3.63, 3.8) is 0 Å². The molecule has 0 spiro atoms. The van der Waals surface area contributed by atoms with Gasteiger partial charge in [-0.15, -0.1) is 0 Å².